The lowest BCUT2D eigenvalue weighted by Crippen LogP contribution is -2.34. The first-order valence-electron chi connectivity index (χ1n) is 15.1. The molecule has 0 radical (unpaired) electrons. The van der Waals surface area contributed by atoms with Gasteiger partial charge in [-0.05, 0) is 118 Å². The number of fused-ring (bicyclic) bond motifs is 1. The Balaban J connectivity index is 1.16. The summed E-state index contributed by atoms with van der Waals surface area (Å²) < 4.78 is 5.78. The maximum atomic E-state index is 5.78. The summed E-state index contributed by atoms with van der Waals surface area (Å²) in [7, 11) is 0. The van der Waals surface area contributed by atoms with Gasteiger partial charge in [0.1, 0.15) is 12.4 Å². The molecule has 0 saturated heterocycles. The largest absolute Gasteiger partial charge is 0.490 e. The van der Waals surface area contributed by atoms with Crippen LogP contribution in [0.2, 0.25) is 0 Å². The molecule has 3 saturated carbocycles. The molecule has 190 valence electrons. The lowest BCUT2D eigenvalue weighted by molar-refractivity contribution is 0.0613. The van der Waals surface area contributed by atoms with Crippen LogP contribution >= 0.6 is 0 Å². The second kappa shape index (κ2) is 13.7. The van der Waals surface area contributed by atoms with Crippen molar-refractivity contribution in [2.75, 3.05) is 6.61 Å². The highest BCUT2D eigenvalue weighted by atomic mass is 16.5. The summed E-state index contributed by atoms with van der Waals surface area (Å²) in [5.74, 6) is 7.03. The highest BCUT2D eigenvalue weighted by Gasteiger charge is 2.38. The zero-order chi connectivity index (χ0) is 23.6. The van der Waals surface area contributed by atoms with Gasteiger partial charge >= 0.3 is 0 Å². The molecule has 3 aliphatic rings. The van der Waals surface area contributed by atoms with E-state index in [2.05, 4.69) is 37.3 Å². The summed E-state index contributed by atoms with van der Waals surface area (Å²) in [5.41, 5.74) is 1.54. The van der Waals surface area contributed by atoms with E-state index in [1.54, 1.807) is 32.1 Å². The number of rotatable bonds is 11. The van der Waals surface area contributed by atoms with Gasteiger partial charge in [-0.25, -0.2) is 0 Å². The molecule has 34 heavy (non-hydrogen) atoms. The molecule has 3 aliphatic carbocycles. The van der Waals surface area contributed by atoms with Crippen LogP contribution in [0.25, 0.3) is 0 Å². The van der Waals surface area contributed by atoms with Crippen molar-refractivity contribution in [3.05, 3.63) is 42.0 Å². The molecule has 1 heteroatoms. The molecule has 4 unspecified atom stereocenters. The van der Waals surface area contributed by atoms with Gasteiger partial charge in [0, 0.05) is 0 Å². The minimum absolute atomic E-state index is 0.671. The van der Waals surface area contributed by atoms with Gasteiger partial charge in [0.15, 0.2) is 0 Å². The van der Waals surface area contributed by atoms with Crippen molar-refractivity contribution < 1.29 is 4.74 Å². The highest BCUT2D eigenvalue weighted by molar-refractivity contribution is 5.30. The number of ether oxygens (including phenoxy) is 1. The first kappa shape index (κ1) is 25.8. The van der Waals surface area contributed by atoms with Gasteiger partial charge in [0.05, 0.1) is 0 Å². The van der Waals surface area contributed by atoms with Gasteiger partial charge in [-0.3, -0.25) is 0 Å². The first-order chi connectivity index (χ1) is 16.8. The summed E-state index contributed by atoms with van der Waals surface area (Å²) in [4.78, 5) is 0. The molecule has 3 fully saturated rings. The minimum Gasteiger partial charge on any atom is -0.490 e. The molecule has 0 heterocycles. The Labute approximate surface area is 211 Å². The summed E-state index contributed by atoms with van der Waals surface area (Å²) >= 11 is 0. The molecule has 1 nitrogen and oxygen atoms in total. The van der Waals surface area contributed by atoms with E-state index >= 15 is 0 Å². The second-order valence-electron chi connectivity index (χ2n) is 12.0. The summed E-state index contributed by atoms with van der Waals surface area (Å²) in [6.45, 7) is 5.03. The second-order valence-corrected chi connectivity index (χ2v) is 12.0. The van der Waals surface area contributed by atoms with Gasteiger partial charge in [0.25, 0.3) is 0 Å². The van der Waals surface area contributed by atoms with E-state index in [0.29, 0.717) is 6.61 Å². The fourth-order valence-corrected chi connectivity index (χ4v) is 7.75. The fraction of sp³-hybridized carbons (Fsp3) is 0.758. The molecule has 1 aromatic carbocycles. The van der Waals surface area contributed by atoms with E-state index in [1.165, 1.54) is 76.2 Å². The summed E-state index contributed by atoms with van der Waals surface area (Å²) in [6.07, 6.45) is 28.0. The maximum Gasteiger partial charge on any atom is 0.119 e. The Kier molecular flexibility index (Phi) is 10.4. The van der Waals surface area contributed by atoms with Gasteiger partial charge in [-0.15, -0.1) is 0 Å². The summed E-state index contributed by atoms with van der Waals surface area (Å²) in [5, 5.41) is 0. The third kappa shape index (κ3) is 7.38. The Morgan fingerprint density at radius 3 is 2.12 bits per heavy atom. The fourth-order valence-electron chi connectivity index (χ4n) is 7.75. The Hall–Kier alpha value is -1.24. The minimum atomic E-state index is 0.671. The number of hydrogen-bond acceptors (Lipinski definition) is 1. The molecule has 1 aromatic rings. The van der Waals surface area contributed by atoms with Crippen molar-refractivity contribution in [3.8, 4) is 5.75 Å². The van der Waals surface area contributed by atoms with E-state index in [1.807, 2.05) is 13.0 Å². The van der Waals surface area contributed by atoms with Gasteiger partial charge in [0.2, 0.25) is 0 Å². The van der Waals surface area contributed by atoms with E-state index in [-0.39, 0.29) is 0 Å². The average Bonchev–Trinajstić information content (AvgIpc) is 2.89. The third-order valence-corrected chi connectivity index (χ3v) is 9.85. The molecule has 0 amide bonds. The van der Waals surface area contributed by atoms with Crippen LogP contribution in [0.3, 0.4) is 0 Å². The number of benzene rings is 1. The van der Waals surface area contributed by atoms with Crippen molar-refractivity contribution >= 4 is 0 Å². The van der Waals surface area contributed by atoms with E-state index in [0.717, 1.165) is 41.3 Å². The Morgan fingerprint density at radius 1 is 0.735 bits per heavy atom. The molecule has 4 rings (SSSR count). The van der Waals surface area contributed by atoms with Crippen LogP contribution in [0.5, 0.6) is 5.75 Å². The van der Waals surface area contributed by atoms with Gasteiger partial charge in [-0.1, -0.05) is 76.2 Å². The predicted octanol–water partition coefficient (Wildman–Crippen LogP) is 10.1. The van der Waals surface area contributed by atoms with E-state index < -0.39 is 0 Å². The first-order valence-corrected chi connectivity index (χ1v) is 15.1. The molecule has 0 spiro atoms. The number of allylic oxidation sites excluding steroid dienone is 1. The monoisotopic (exact) mass is 464 g/mol. The average molecular weight is 465 g/mol. The number of unbranched alkanes of at least 4 members (excludes halogenated alkanes) is 4. The van der Waals surface area contributed by atoms with Gasteiger partial charge in [-0.2, -0.15) is 0 Å². The van der Waals surface area contributed by atoms with Crippen LogP contribution < -0.4 is 4.74 Å². The lowest BCUT2D eigenvalue weighted by atomic mass is 9.60. The topological polar surface area (TPSA) is 9.23 Å². The van der Waals surface area contributed by atoms with E-state index in [9.17, 15) is 0 Å². The van der Waals surface area contributed by atoms with Crippen LogP contribution in [-0.4, -0.2) is 6.61 Å². The molecule has 0 N–H and O–H groups in total. The quantitative estimate of drug-likeness (QED) is 0.234. The maximum absolute atomic E-state index is 5.78. The Bertz CT molecular complexity index is 711. The molecular formula is C33H52O. The van der Waals surface area contributed by atoms with Crippen LogP contribution in [0.1, 0.15) is 128 Å². The van der Waals surface area contributed by atoms with Gasteiger partial charge < -0.3 is 4.74 Å². The molecule has 4 atom stereocenters. The van der Waals surface area contributed by atoms with Crippen LogP contribution in [0.4, 0.5) is 0 Å². The van der Waals surface area contributed by atoms with E-state index in [4.69, 9.17) is 4.74 Å². The predicted molar refractivity (Wildman–Crippen MR) is 146 cm³/mol. The SMILES string of the molecule is C/C=C/COc1ccc(C2CCC(C3CCC4CC(CCCCCCC)CCC4C3)CC2)cc1. The van der Waals surface area contributed by atoms with Crippen molar-refractivity contribution in [2.45, 2.75) is 122 Å². The van der Waals surface area contributed by atoms with Crippen LogP contribution in [0.15, 0.2) is 36.4 Å². The van der Waals surface area contributed by atoms with Crippen LogP contribution in [0, 0.1) is 29.6 Å². The summed E-state index contributed by atoms with van der Waals surface area (Å²) in [6, 6.07) is 8.99. The normalized spacial score (nSPS) is 31.9. The zero-order valence-electron chi connectivity index (χ0n) is 22.4. The third-order valence-electron chi connectivity index (χ3n) is 9.85. The Morgan fingerprint density at radius 2 is 1.38 bits per heavy atom. The van der Waals surface area contributed by atoms with Crippen molar-refractivity contribution in [2.24, 2.45) is 29.6 Å². The van der Waals surface area contributed by atoms with Crippen LogP contribution in [-0.2, 0) is 0 Å². The molecular weight excluding hydrogens is 412 g/mol. The standard InChI is InChI=1S/C33H52O/c1-3-5-7-8-9-10-26-11-12-32-25-31(18-17-30(32)24-26)29-15-13-27(14-16-29)28-19-21-33(22-20-28)34-23-6-4-2/h4,6,19-22,26-27,29-32H,3,5,7-18,23-25H2,1-2H3/b6-4+. The highest BCUT2D eigenvalue weighted by Crippen LogP contribution is 2.50. The van der Waals surface area contributed by atoms with Crippen molar-refractivity contribution in [3.63, 3.8) is 0 Å². The zero-order valence-corrected chi connectivity index (χ0v) is 22.4. The lowest BCUT2D eigenvalue weighted by Gasteiger charge is -2.45. The molecule has 0 aliphatic heterocycles. The molecule has 0 bridgehead atoms. The number of hydrogen-bond donors (Lipinski definition) is 0. The molecule has 0 aromatic heterocycles. The smallest absolute Gasteiger partial charge is 0.119 e. The van der Waals surface area contributed by atoms with Crippen molar-refractivity contribution in [1.29, 1.82) is 0 Å². The van der Waals surface area contributed by atoms with Crippen molar-refractivity contribution in [1.82, 2.24) is 0 Å².